The van der Waals surface area contributed by atoms with Gasteiger partial charge in [0.1, 0.15) is 5.37 Å². The van der Waals surface area contributed by atoms with Gasteiger partial charge in [0, 0.05) is 18.0 Å². The number of allylic oxidation sites excluding steroid dienone is 1. The fraction of sp³-hybridized carbons (Fsp3) is 0.182. The van der Waals surface area contributed by atoms with E-state index in [0.29, 0.717) is 0 Å². The fourth-order valence-corrected chi connectivity index (χ4v) is 2.62. The number of thioether (sulfide) groups is 1. The van der Waals surface area contributed by atoms with Gasteiger partial charge in [0.05, 0.1) is 0 Å². The van der Waals surface area contributed by atoms with Crippen LogP contribution in [0.1, 0.15) is 6.92 Å². The molecule has 0 fully saturated rings. The summed E-state index contributed by atoms with van der Waals surface area (Å²) < 4.78 is 1.91. The standard InChI is InChI=1S/C11H11N5S/c1-2-4-9-15-16-10(13-14-11(16)17-9)8-5-3-6-12-7-8/h2-7,9,15H,1H3/b4-2+/t9-/m1/s1. The van der Waals surface area contributed by atoms with Gasteiger partial charge in [-0.05, 0) is 19.1 Å². The molecule has 6 heteroatoms. The summed E-state index contributed by atoms with van der Waals surface area (Å²) in [5, 5.41) is 9.43. The summed E-state index contributed by atoms with van der Waals surface area (Å²) in [6.45, 7) is 2.00. The van der Waals surface area contributed by atoms with Crippen LogP contribution in [0.3, 0.4) is 0 Å². The number of rotatable bonds is 2. The van der Waals surface area contributed by atoms with Crippen molar-refractivity contribution in [2.45, 2.75) is 17.5 Å². The van der Waals surface area contributed by atoms with Crippen LogP contribution in [0.5, 0.6) is 0 Å². The molecule has 2 aromatic rings. The van der Waals surface area contributed by atoms with Gasteiger partial charge in [-0.15, -0.1) is 10.2 Å². The molecule has 0 unspecified atom stereocenters. The molecule has 1 aliphatic heterocycles. The molecule has 17 heavy (non-hydrogen) atoms. The first-order chi connectivity index (χ1) is 8.38. The highest BCUT2D eigenvalue weighted by Gasteiger charge is 2.24. The minimum Gasteiger partial charge on any atom is -0.305 e. The molecule has 0 bridgehead atoms. The van der Waals surface area contributed by atoms with Crippen molar-refractivity contribution in [3.8, 4) is 11.4 Å². The summed E-state index contributed by atoms with van der Waals surface area (Å²) in [6.07, 6.45) is 7.64. The minimum atomic E-state index is 0.223. The average Bonchev–Trinajstić information content (AvgIpc) is 2.90. The van der Waals surface area contributed by atoms with E-state index in [9.17, 15) is 0 Å². The number of hydrogen-bond donors (Lipinski definition) is 1. The zero-order chi connectivity index (χ0) is 11.7. The third-order valence-electron chi connectivity index (χ3n) is 2.41. The Morgan fingerprint density at radius 3 is 3.18 bits per heavy atom. The van der Waals surface area contributed by atoms with Crippen LogP contribution in [0.25, 0.3) is 11.4 Å². The van der Waals surface area contributed by atoms with E-state index in [1.54, 1.807) is 24.2 Å². The summed E-state index contributed by atoms with van der Waals surface area (Å²) in [5.74, 6) is 0.799. The first kappa shape index (κ1) is 10.3. The smallest absolute Gasteiger partial charge is 0.212 e. The number of aromatic nitrogens is 4. The van der Waals surface area contributed by atoms with E-state index in [2.05, 4.69) is 26.7 Å². The quantitative estimate of drug-likeness (QED) is 0.819. The highest BCUT2D eigenvalue weighted by atomic mass is 32.2. The Kier molecular flexibility index (Phi) is 2.56. The van der Waals surface area contributed by atoms with Crippen molar-refractivity contribution in [2.24, 2.45) is 0 Å². The first-order valence-corrected chi connectivity index (χ1v) is 6.18. The Hall–Kier alpha value is -1.82. The van der Waals surface area contributed by atoms with Crippen LogP contribution in [0.2, 0.25) is 0 Å². The summed E-state index contributed by atoms with van der Waals surface area (Å²) in [5.41, 5.74) is 4.28. The number of nitrogens with zero attached hydrogens (tertiary/aromatic N) is 4. The molecule has 1 aliphatic rings. The molecule has 0 spiro atoms. The maximum Gasteiger partial charge on any atom is 0.212 e. The van der Waals surface area contributed by atoms with Gasteiger partial charge in [-0.2, -0.15) is 0 Å². The number of fused-ring (bicyclic) bond motifs is 1. The highest BCUT2D eigenvalue weighted by molar-refractivity contribution is 8.00. The van der Waals surface area contributed by atoms with Crippen molar-refractivity contribution in [3.63, 3.8) is 0 Å². The molecular weight excluding hydrogens is 234 g/mol. The van der Waals surface area contributed by atoms with Gasteiger partial charge in [-0.25, -0.2) is 4.68 Å². The third-order valence-corrected chi connectivity index (χ3v) is 3.40. The van der Waals surface area contributed by atoms with E-state index in [1.165, 1.54) is 0 Å². The Balaban J connectivity index is 1.96. The van der Waals surface area contributed by atoms with E-state index in [0.717, 1.165) is 16.5 Å². The number of pyridine rings is 1. The van der Waals surface area contributed by atoms with E-state index in [4.69, 9.17) is 0 Å². The number of hydrogen-bond acceptors (Lipinski definition) is 5. The van der Waals surface area contributed by atoms with Crippen LogP contribution in [0, 0.1) is 0 Å². The van der Waals surface area contributed by atoms with E-state index in [1.807, 2.05) is 29.8 Å². The van der Waals surface area contributed by atoms with Crippen LogP contribution in [-0.4, -0.2) is 25.2 Å². The van der Waals surface area contributed by atoms with E-state index in [-0.39, 0.29) is 5.37 Å². The van der Waals surface area contributed by atoms with Crippen molar-refractivity contribution in [1.29, 1.82) is 0 Å². The SMILES string of the molecule is C/C=C/[C@@H]1Nn2c(nnc2-c2cccnc2)S1. The maximum atomic E-state index is 4.17. The molecule has 1 atom stereocenters. The monoisotopic (exact) mass is 245 g/mol. The lowest BCUT2D eigenvalue weighted by Crippen LogP contribution is -2.17. The van der Waals surface area contributed by atoms with Gasteiger partial charge in [-0.3, -0.25) is 4.98 Å². The molecule has 2 aromatic heterocycles. The third kappa shape index (κ3) is 1.80. The summed E-state index contributed by atoms with van der Waals surface area (Å²) >= 11 is 1.65. The van der Waals surface area contributed by atoms with Gasteiger partial charge in [0.15, 0.2) is 5.82 Å². The highest BCUT2D eigenvalue weighted by Crippen LogP contribution is 2.31. The summed E-state index contributed by atoms with van der Waals surface area (Å²) in [7, 11) is 0. The van der Waals surface area contributed by atoms with E-state index < -0.39 is 0 Å². The van der Waals surface area contributed by atoms with Crippen LogP contribution in [0.4, 0.5) is 0 Å². The van der Waals surface area contributed by atoms with Crippen LogP contribution < -0.4 is 5.43 Å². The zero-order valence-corrected chi connectivity index (χ0v) is 10.1. The van der Waals surface area contributed by atoms with Crippen molar-refractivity contribution in [3.05, 3.63) is 36.7 Å². The van der Waals surface area contributed by atoms with Crippen molar-refractivity contribution in [2.75, 3.05) is 5.43 Å². The molecule has 0 aliphatic carbocycles. The molecule has 0 saturated heterocycles. The molecule has 0 amide bonds. The van der Waals surface area contributed by atoms with Gasteiger partial charge < -0.3 is 5.43 Å². The summed E-state index contributed by atoms with van der Waals surface area (Å²) in [4.78, 5) is 4.09. The normalized spacial score (nSPS) is 18.3. The Morgan fingerprint density at radius 1 is 1.47 bits per heavy atom. The molecule has 3 heterocycles. The Labute approximate surface area is 103 Å². The van der Waals surface area contributed by atoms with E-state index >= 15 is 0 Å². The second-order valence-corrected chi connectivity index (χ2v) is 4.69. The van der Waals surface area contributed by atoms with Crippen molar-refractivity contribution in [1.82, 2.24) is 19.9 Å². The molecule has 1 N–H and O–H groups in total. The number of nitrogens with one attached hydrogen (secondary N) is 1. The Bertz CT molecular complexity index is 548. The molecule has 0 radical (unpaired) electrons. The Morgan fingerprint density at radius 2 is 2.41 bits per heavy atom. The second kappa shape index (κ2) is 4.21. The first-order valence-electron chi connectivity index (χ1n) is 5.30. The van der Waals surface area contributed by atoms with Crippen molar-refractivity contribution < 1.29 is 0 Å². The second-order valence-electron chi connectivity index (χ2n) is 3.58. The molecule has 0 saturated carbocycles. The largest absolute Gasteiger partial charge is 0.305 e. The summed E-state index contributed by atoms with van der Waals surface area (Å²) in [6, 6.07) is 3.86. The van der Waals surface area contributed by atoms with Gasteiger partial charge in [-0.1, -0.05) is 23.9 Å². The molecule has 3 rings (SSSR count). The molecular formula is C11H11N5S. The predicted octanol–water partition coefficient (Wildman–Crippen LogP) is 1.89. The molecule has 86 valence electrons. The fourth-order valence-electron chi connectivity index (χ4n) is 1.67. The molecule has 5 nitrogen and oxygen atoms in total. The van der Waals surface area contributed by atoms with Gasteiger partial charge in [0.2, 0.25) is 5.16 Å². The zero-order valence-electron chi connectivity index (χ0n) is 9.24. The van der Waals surface area contributed by atoms with Crippen molar-refractivity contribution >= 4 is 11.8 Å². The average molecular weight is 245 g/mol. The lowest BCUT2D eigenvalue weighted by molar-refractivity contribution is 0.811. The molecule has 0 aromatic carbocycles. The maximum absolute atomic E-state index is 4.17. The lowest BCUT2D eigenvalue weighted by atomic mass is 10.3. The van der Waals surface area contributed by atoms with Gasteiger partial charge in [0.25, 0.3) is 0 Å². The van der Waals surface area contributed by atoms with Crippen LogP contribution in [-0.2, 0) is 0 Å². The lowest BCUT2D eigenvalue weighted by Gasteiger charge is -2.07. The van der Waals surface area contributed by atoms with Crippen LogP contribution >= 0.6 is 11.8 Å². The van der Waals surface area contributed by atoms with Crippen LogP contribution in [0.15, 0.2) is 41.8 Å². The minimum absolute atomic E-state index is 0.223. The van der Waals surface area contributed by atoms with Gasteiger partial charge >= 0.3 is 0 Å². The predicted molar refractivity (Wildman–Crippen MR) is 67.1 cm³/mol. The topological polar surface area (TPSA) is 55.6 Å².